The number of benzene rings is 8. The number of fused-ring (bicyclic) bond motifs is 4. The maximum absolute atomic E-state index is 6.80. The van der Waals surface area contributed by atoms with Gasteiger partial charge in [0.25, 0.3) is 0 Å². The largest absolute Gasteiger partial charge is 0.455 e. The van der Waals surface area contributed by atoms with Crippen LogP contribution in [0.15, 0.2) is 192 Å². The average Bonchev–Trinajstić information content (AvgIpc) is 3.62. The molecule has 10 aromatic rings. The van der Waals surface area contributed by atoms with Crippen LogP contribution in [0.1, 0.15) is 0 Å². The summed E-state index contributed by atoms with van der Waals surface area (Å²) >= 11 is 0. The minimum atomic E-state index is 0.630. The van der Waals surface area contributed by atoms with Crippen LogP contribution in [-0.4, -0.2) is 15.0 Å². The van der Waals surface area contributed by atoms with Gasteiger partial charge in [0, 0.05) is 33.0 Å². The van der Waals surface area contributed by atoms with Crippen molar-refractivity contribution in [2.45, 2.75) is 0 Å². The molecule has 0 amide bonds. The Hall–Kier alpha value is -7.17. The van der Waals surface area contributed by atoms with E-state index in [0.29, 0.717) is 17.5 Å². The molecular weight excluding hydrogens is 647 g/mol. The van der Waals surface area contributed by atoms with Gasteiger partial charge in [-0.15, -0.1) is 0 Å². The van der Waals surface area contributed by atoms with Gasteiger partial charge < -0.3 is 4.42 Å². The lowest BCUT2D eigenvalue weighted by Crippen LogP contribution is -2.00. The topological polar surface area (TPSA) is 51.8 Å². The van der Waals surface area contributed by atoms with Crippen molar-refractivity contribution in [3.05, 3.63) is 188 Å². The molecule has 0 saturated carbocycles. The van der Waals surface area contributed by atoms with Crippen LogP contribution in [0.2, 0.25) is 0 Å². The molecular formula is C49H31N3O. The van der Waals surface area contributed by atoms with Crippen LogP contribution in [0.5, 0.6) is 0 Å². The maximum atomic E-state index is 6.80. The second kappa shape index (κ2) is 12.9. The predicted molar refractivity (Wildman–Crippen MR) is 217 cm³/mol. The summed E-state index contributed by atoms with van der Waals surface area (Å²) in [6.07, 6.45) is 0. The molecule has 53 heavy (non-hydrogen) atoms. The fraction of sp³-hybridized carbons (Fsp3) is 0. The fourth-order valence-electron chi connectivity index (χ4n) is 7.35. The fourth-order valence-corrected chi connectivity index (χ4v) is 7.35. The Bertz CT molecular complexity index is 2840. The molecule has 0 saturated heterocycles. The van der Waals surface area contributed by atoms with Gasteiger partial charge >= 0.3 is 0 Å². The molecule has 4 nitrogen and oxygen atoms in total. The number of rotatable bonds is 6. The zero-order valence-corrected chi connectivity index (χ0v) is 28.6. The highest BCUT2D eigenvalue weighted by atomic mass is 16.3. The van der Waals surface area contributed by atoms with Crippen molar-refractivity contribution in [2.24, 2.45) is 0 Å². The van der Waals surface area contributed by atoms with Crippen molar-refractivity contribution in [1.29, 1.82) is 0 Å². The average molecular weight is 678 g/mol. The van der Waals surface area contributed by atoms with E-state index in [9.17, 15) is 0 Å². The molecule has 0 fully saturated rings. The van der Waals surface area contributed by atoms with E-state index < -0.39 is 0 Å². The van der Waals surface area contributed by atoms with Gasteiger partial charge in [0.2, 0.25) is 0 Å². The summed E-state index contributed by atoms with van der Waals surface area (Å²) < 4.78 is 6.80. The lowest BCUT2D eigenvalue weighted by molar-refractivity contribution is 0.670. The van der Waals surface area contributed by atoms with Gasteiger partial charge in [0.1, 0.15) is 11.2 Å². The lowest BCUT2D eigenvalue weighted by atomic mass is 9.92. The first-order chi connectivity index (χ1) is 26.3. The van der Waals surface area contributed by atoms with Gasteiger partial charge in [-0.3, -0.25) is 0 Å². The highest BCUT2D eigenvalue weighted by Crippen LogP contribution is 2.44. The molecule has 0 unspecified atom stereocenters. The summed E-state index contributed by atoms with van der Waals surface area (Å²) in [7, 11) is 0. The Labute approximate surface area is 306 Å². The van der Waals surface area contributed by atoms with Gasteiger partial charge in [0.05, 0.1) is 0 Å². The Balaban J connectivity index is 1.10. The second-order valence-electron chi connectivity index (χ2n) is 13.2. The van der Waals surface area contributed by atoms with E-state index in [1.807, 2.05) is 66.7 Å². The molecule has 0 N–H and O–H groups in total. The Morgan fingerprint density at radius 3 is 1.43 bits per heavy atom. The van der Waals surface area contributed by atoms with Gasteiger partial charge in [-0.25, -0.2) is 15.0 Å². The summed E-state index contributed by atoms with van der Waals surface area (Å²) in [5, 5.41) is 4.53. The van der Waals surface area contributed by atoms with Crippen LogP contribution in [0.25, 0.3) is 100 Å². The molecule has 0 aliphatic carbocycles. The van der Waals surface area contributed by atoms with Crippen LogP contribution >= 0.6 is 0 Å². The third-order valence-electron chi connectivity index (χ3n) is 9.94. The van der Waals surface area contributed by atoms with Crippen molar-refractivity contribution in [3.63, 3.8) is 0 Å². The summed E-state index contributed by atoms with van der Waals surface area (Å²) in [5.41, 5.74) is 11.4. The molecule has 248 valence electrons. The van der Waals surface area contributed by atoms with E-state index in [1.54, 1.807) is 0 Å². The number of furan rings is 1. The van der Waals surface area contributed by atoms with E-state index in [-0.39, 0.29) is 0 Å². The van der Waals surface area contributed by atoms with Gasteiger partial charge in [0.15, 0.2) is 17.5 Å². The van der Waals surface area contributed by atoms with Gasteiger partial charge in [-0.2, -0.15) is 0 Å². The number of hydrogen-bond donors (Lipinski definition) is 0. The first-order valence-electron chi connectivity index (χ1n) is 17.8. The highest BCUT2D eigenvalue weighted by molar-refractivity contribution is 6.21. The van der Waals surface area contributed by atoms with Gasteiger partial charge in [-0.1, -0.05) is 176 Å². The van der Waals surface area contributed by atoms with E-state index in [1.165, 1.54) is 21.9 Å². The molecule has 0 radical (unpaired) electrons. The van der Waals surface area contributed by atoms with Crippen LogP contribution in [0.4, 0.5) is 0 Å². The van der Waals surface area contributed by atoms with Crippen LogP contribution in [0.3, 0.4) is 0 Å². The Morgan fingerprint density at radius 2 is 0.811 bits per heavy atom. The van der Waals surface area contributed by atoms with Crippen LogP contribution < -0.4 is 0 Å². The van der Waals surface area contributed by atoms with Crippen LogP contribution in [-0.2, 0) is 0 Å². The molecule has 0 aliphatic heterocycles. The predicted octanol–water partition coefficient (Wildman–Crippen LogP) is 12.9. The van der Waals surface area contributed by atoms with E-state index in [0.717, 1.165) is 60.9 Å². The first-order valence-corrected chi connectivity index (χ1v) is 17.8. The molecule has 8 aromatic carbocycles. The quantitative estimate of drug-likeness (QED) is 0.176. The molecule has 2 aromatic heterocycles. The molecule has 2 heterocycles. The maximum Gasteiger partial charge on any atom is 0.164 e. The summed E-state index contributed by atoms with van der Waals surface area (Å²) in [6.45, 7) is 0. The summed E-state index contributed by atoms with van der Waals surface area (Å²) in [5.74, 6) is 1.92. The third-order valence-corrected chi connectivity index (χ3v) is 9.94. The summed E-state index contributed by atoms with van der Waals surface area (Å²) in [4.78, 5) is 14.7. The van der Waals surface area contributed by atoms with Gasteiger partial charge in [-0.05, 0) is 50.7 Å². The van der Waals surface area contributed by atoms with Crippen molar-refractivity contribution in [3.8, 4) is 67.5 Å². The SMILES string of the molecule is c1ccc(-c2ccc(-c3c4ccccc4cc4c3oc3cccc(-c5ccc(-c6nc(-c7ccccc7)nc(-c7ccccc7)n6)cc5)c34)cc2)cc1. The smallest absolute Gasteiger partial charge is 0.164 e. The molecule has 10 rings (SSSR count). The zero-order chi connectivity index (χ0) is 35.1. The van der Waals surface area contributed by atoms with E-state index in [4.69, 9.17) is 19.4 Å². The molecule has 0 spiro atoms. The summed E-state index contributed by atoms with van der Waals surface area (Å²) in [6, 6.07) is 65.1. The monoisotopic (exact) mass is 677 g/mol. The minimum absolute atomic E-state index is 0.630. The van der Waals surface area contributed by atoms with E-state index in [2.05, 4.69) is 121 Å². The minimum Gasteiger partial charge on any atom is -0.455 e. The second-order valence-corrected chi connectivity index (χ2v) is 13.2. The van der Waals surface area contributed by atoms with Crippen molar-refractivity contribution < 1.29 is 4.42 Å². The van der Waals surface area contributed by atoms with Crippen molar-refractivity contribution >= 4 is 32.7 Å². The molecule has 0 bridgehead atoms. The Morgan fingerprint density at radius 1 is 0.340 bits per heavy atom. The Kier molecular flexibility index (Phi) is 7.43. The zero-order valence-electron chi connectivity index (χ0n) is 28.6. The normalized spacial score (nSPS) is 11.4. The number of aromatic nitrogens is 3. The molecule has 4 heteroatoms. The molecule has 0 aliphatic rings. The number of nitrogens with zero attached hydrogens (tertiary/aromatic N) is 3. The van der Waals surface area contributed by atoms with Crippen LogP contribution in [0, 0.1) is 0 Å². The highest BCUT2D eigenvalue weighted by Gasteiger charge is 2.20. The standard InChI is InChI=1S/C49H31N3O/c1-4-13-32(14-5-1)33-23-27-35(28-24-33)44-41-20-11-10-19-39(41)31-42-45-40(21-12-22-43(45)53-46(42)44)34-25-29-38(30-26-34)49-51-47(36-15-6-2-7-16-36)50-48(52-49)37-17-8-3-9-18-37/h1-31H. The molecule has 0 atom stereocenters. The third kappa shape index (κ3) is 5.54. The van der Waals surface area contributed by atoms with Crippen molar-refractivity contribution in [2.75, 3.05) is 0 Å². The van der Waals surface area contributed by atoms with E-state index >= 15 is 0 Å². The first kappa shape index (κ1) is 30.6. The number of hydrogen-bond acceptors (Lipinski definition) is 4. The van der Waals surface area contributed by atoms with Crippen molar-refractivity contribution in [1.82, 2.24) is 15.0 Å². The lowest BCUT2D eigenvalue weighted by Gasteiger charge is -2.10.